The Morgan fingerprint density at radius 1 is 0.833 bits per heavy atom. The maximum atomic E-state index is 12.9. The number of aliphatic carboxylic acids is 4. The Balaban J connectivity index is 2.00. The Morgan fingerprint density at radius 3 is 1.82 bits per heavy atom. The van der Waals surface area contributed by atoms with Crippen LogP contribution in [0.25, 0.3) is 0 Å². The number of ether oxygens (including phenoxy) is 1. The molecule has 1 fully saturated rings. The Hall–Kier alpha value is -4.62. The van der Waals surface area contributed by atoms with Crippen LogP contribution in [0.1, 0.15) is 25.7 Å². The zero-order valence-electron chi connectivity index (χ0n) is 31.0. The molecule has 338 valence electrons. The first-order valence-corrected chi connectivity index (χ1v) is 21.3. The van der Waals surface area contributed by atoms with E-state index in [0.29, 0.717) is 0 Å². The van der Waals surface area contributed by atoms with E-state index in [-0.39, 0.29) is 17.9 Å². The van der Waals surface area contributed by atoms with Crippen LogP contribution in [0.4, 0.5) is 0 Å². The molecule has 28 nitrogen and oxygen atoms in total. The molecule has 0 aromatic carbocycles. The highest BCUT2D eigenvalue weighted by molar-refractivity contribution is 8.76. The second-order valence-electron chi connectivity index (χ2n) is 12.6. The molecule has 60 heavy (non-hydrogen) atoms. The van der Waals surface area contributed by atoms with Gasteiger partial charge in [-0.1, -0.05) is 21.6 Å². The van der Waals surface area contributed by atoms with E-state index in [1.54, 1.807) is 0 Å². The van der Waals surface area contributed by atoms with E-state index in [2.05, 4.69) is 21.3 Å². The molecule has 0 spiro atoms. The molecule has 2 heterocycles. The van der Waals surface area contributed by atoms with Crippen LogP contribution in [0.2, 0.25) is 0 Å². The summed E-state index contributed by atoms with van der Waals surface area (Å²) < 4.78 is 23.1. The molecule has 1 saturated heterocycles. The number of aliphatic hydroxyl groups excluding tert-OH is 3. The zero-order chi connectivity index (χ0) is 45.3. The summed E-state index contributed by atoms with van der Waals surface area (Å²) in [6.07, 6.45) is -8.18. The monoisotopic (exact) mass is 920 g/mol. The molecule has 6 unspecified atom stereocenters. The van der Waals surface area contributed by atoms with Crippen LogP contribution in [0.5, 0.6) is 0 Å². The average molecular weight is 921 g/mol. The normalized spacial score (nSPS) is 22.9. The highest BCUT2D eigenvalue weighted by Gasteiger charge is 2.48. The van der Waals surface area contributed by atoms with Crippen molar-refractivity contribution in [1.29, 1.82) is 0 Å². The minimum absolute atomic E-state index is 0.273. The van der Waals surface area contributed by atoms with Crippen molar-refractivity contribution in [3.05, 3.63) is 12.3 Å². The van der Waals surface area contributed by atoms with E-state index in [0.717, 1.165) is 38.8 Å². The number of amides is 5. The fraction of sp³-hybridized carbons (Fsp3) is 0.621. The molecule has 2 aliphatic rings. The van der Waals surface area contributed by atoms with Crippen molar-refractivity contribution in [2.24, 2.45) is 5.73 Å². The number of hydrogen-bond donors (Lipinski definition) is 15. The second kappa shape index (κ2) is 24.6. The number of nitrogens with two attached hydrogens (primary N) is 1. The van der Waals surface area contributed by atoms with Crippen molar-refractivity contribution in [3.8, 4) is 0 Å². The van der Waals surface area contributed by atoms with Gasteiger partial charge in [0.1, 0.15) is 55.6 Å². The van der Waals surface area contributed by atoms with Crippen molar-refractivity contribution in [2.75, 3.05) is 31.2 Å². The predicted octanol–water partition coefficient (Wildman–Crippen LogP) is -6.46. The van der Waals surface area contributed by atoms with Crippen molar-refractivity contribution in [3.63, 3.8) is 0 Å². The minimum atomic E-state index is -5.07. The van der Waals surface area contributed by atoms with Crippen molar-refractivity contribution in [1.82, 2.24) is 36.6 Å². The zero-order valence-corrected chi connectivity index (χ0v) is 33.5. The SMILES string of the molecule is NC(CCC(=O)NC(CSSCC(NC(=O)CCC(NP(=O)(O)OC[C@H]1O[C@@H](N2C=CC(=O)NC2O)[C@H](O)[C@@H]1O)C(=O)O)C(=O)NCC(=O)O)C(=O)NCC(=O)O)C(=O)O. The molecule has 16 N–H and O–H groups in total. The Morgan fingerprint density at radius 2 is 1.35 bits per heavy atom. The van der Waals surface area contributed by atoms with Crippen LogP contribution in [0, 0.1) is 0 Å². The van der Waals surface area contributed by atoms with E-state index in [1.165, 1.54) is 0 Å². The third kappa shape index (κ3) is 17.9. The van der Waals surface area contributed by atoms with E-state index in [1.807, 2.05) is 10.4 Å². The summed E-state index contributed by atoms with van der Waals surface area (Å²) in [5.74, 6) is -11.0. The number of carbonyl (C=O) groups is 9. The summed E-state index contributed by atoms with van der Waals surface area (Å²) in [6, 6.07) is -6.21. The molecule has 2 aliphatic heterocycles. The number of rotatable bonds is 27. The highest BCUT2D eigenvalue weighted by Crippen LogP contribution is 2.39. The summed E-state index contributed by atoms with van der Waals surface area (Å²) in [4.78, 5) is 118. The van der Waals surface area contributed by atoms with E-state index in [9.17, 15) is 73.0 Å². The fourth-order valence-corrected chi connectivity index (χ4v) is 8.25. The second-order valence-corrected chi connectivity index (χ2v) is 16.7. The summed E-state index contributed by atoms with van der Waals surface area (Å²) in [5.41, 5.74) is 5.38. The quantitative estimate of drug-likeness (QED) is 0.0207. The van der Waals surface area contributed by atoms with Gasteiger partial charge in [-0.25, -0.2) is 9.65 Å². The third-order valence-electron chi connectivity index (χ3n) is 7.96. The molecule has 2 rings (SSSR count). The number of carboxylic acids is 4. The fourth-order valence-electron chi connectivity index (χ4n) is 4.86. The maximum absolute atomic E-state index is 12.9. The number of carbonyl (C=O) groups excluding carboxylic acids is 5. The van der Waals surface area contributed by atoms with Gasteiger partial charge in [-0.3, -0.25) is 47.7 Å². The van der Waals surface area contributed by atoms with Gasteiger partial charge < -0.3 is 82.6 Å². The van der Waals surface area contributed by atoms with Gasteiger partial charge in [0.2, 0.25) is 35.9 Å². The maximum Gasteiger partial charge on any atom is 0.403 e. The molecule has 0 radical (unpaired) electrons. The van der Waals surface area contributed by atoms with Gasteiger partial charge in [0, 0.05) is 36.6 Å². The van der Waals surface area contributed by atoms with Gasteiger partial charge in [0.05, 0.1) is 6.61 Å². The summed E-state index contributed by atoms with van der Waals surface area (Å²) in [7, 11) is -3.41. The van der Waals surface area contributed by atoms with Crippen LogP contribution < -0.4 is 37.4 Å². The van der Waals surface area contributed by atoms with Gasteiger partial charge in [-0.2, -0.15) is 0 Å². The molecular weight excluding hydrogens is 875 g/mol. The lowest BCUT2D eigenvalue weighted by Gasteiger charge is -2.35. The van der Waals surface area contributed by atoms with Gasteiger partial charge in [-0.05, 0) is 12.8 Å². The first-order chi connectivity index (χ1) is 28.0. The summed E-state index contributed by atoms with van der Waals surface area (Å²) in [6.45, 7) is -2.60. The van der Waals surface area contributed by atoms with Crippen LogP contribution in [0.3, 0.4) is 0 Å². The highest BCUT2D eigenvalue weighted by atomic mass is 33.1. The molecular formula is C29H45N8O20PS2. The lowest BCUT2D eigenvalue weighted by atomic mass is 10.1. The third-order valence-corrected chi connectivity index (χ3v) is 11.5. The van der Waals surface area contributed by atoms with Crippen LogP contribution in [-0.2, 0) is 57.0 Å². The molecule has 0 aromatic heterocycles. The summed E-state index contributed by atoms with van der Waals surface area (Å²) in [5, 5.41) is 79.8. The molecule has 10 atom stereocenters. The number of carboxylic acid groups (broad SMARTS) is 4. The largest absolute Gasteiger partial charge is 0.480 e. The molecule has 31 heteroatoms. The van der Waals surface area contributed by atoms with E-state index in [4.69, 9.17) is 30.3 Å². The molecule has 0 bridgehead atoms. The first-order valence-electron chi connectivity index (χ1n) is 17.3. The molecule has 0 aliphatic carbocycles. The Labute approximate surface area is 346 Å². The number of aliphatic hydroxyl groups is 3. The lowest BCUT2D eigenvalue weighted by molar-refractivity contribution is -0.152. The standard InChI is InChI=1S/C29H45N8O20PS2/c30-12(27(49)50)1-3-17(38)33-14(24(47)31-7-20(41)42)10-59-60-11-15(25(48)32-8-21(43)44)34-18(39)4-2-13(28(51)52)36-58(54,55)56-9-16-22(45)23(46)26(57-16)37-6-5-19(40)35-29(37)53/h5-6,12-16,22-23,26,29,45-46,53H,1-4,7-11,30H2,(H,31,47)(H,32,48)(H,33,38)(H,34,39)(H,35,40)(H,41,42)(H,43,44)(H,49,50)(H,51,52)(H2,36,54,55)/t12?,13?,14?,15?,16-,22-,23-,26-,29?/m1/s1. The van der Waals surface area contributed by atoms with Crippen molar-refractivity contribution in [2.45, 2.75) is 80.7 Å². The Kier molecular flexibility index (Phi) is 21.1. The van der Waals surface area contributed by atoms with Crippen LogP contribution >= 0.6 is 29.3 Å². The topological polar surface area (TPSA) is 452 Å². The van der Waals surface area contributed by atoms with Crippen molar-refractivity contribution >= 4 is 82.7 Å². The van der Waals surface area contributed by atoms with Gasteiger partial charge in [0.25, 0.3) is 0 Å². The van der Waals surface area contributed by atoms with Crippen molar-refractivity contribution < 1.29 is 97.6 Å². The van der Waals surface area contributed by atoms with Gasteiger partial charge in [-0.15, -0.1) is 0 Å². The smallest absolute Gasteiger partial charge is 0.403 e. The van der Waals surface area contributed by atoms with Crippen LogP contribution in [-0.4, -0.2) is 185 Å². The minimum Gasteiger partial charge on any atom is -0.480 e. The number of nitrogens with one attached hydrogen (secondary N) is 6. The Bertz CT molecular complexity index is 1680. The lowest BCUT2D eigenvalue weighted by Crippen LogP contribution is -2.55. The average Bonchev–Trinajstić information content (AvgIpc) is 3.44. The van der Waals surface area contributed by atoms with E-state index < -0.39 is 155 Å². The molecule has 5 amide bonds. The molecule has 0 aromatic rings. The van der Waals surface area contributed by atoms with E-state index >= 15 is 0 Å². The van der Waals surface area contributed by atoms with Crippen LogP contribution in [0.15, 0.2) is 12.3 Å². The predicted molar refractivity (Wildman–Crippen MR) is 200 cm³/mol. The first kappa shape index (κ1) is 51.5. The summed E-state index contributed by atoms with van der Waals surface area (Å²) >= 11 is 0. The molecule has 0 saturated carbocycles. The van der Waals surface area contributed by atoms with Gasteiger partial charge in [0.15, 0.2) is 6.23 Å². The number of nitrogens with zero attached hydrogens (tertiary/aromatic N) is 1. The van der Waals surface area contributed by atoms with Gasteiger partial charge >= 0.3 is 31.6 Å². The number of hydrogen-bond acceptors (Lipinski definition) is 19.